The Labute approximate surface area is 118 Å². The number of hydrogen-bond acceptors (Lipinski definition) is 4. The topological polar surface area (TPSA) is 30.5 Å². The molecule has 19 heavy (non-hydrogen) atoms. The van der Waals surface area contributed by atoms with Crippen molar-refractivity contribution in [1.82, 2.24) is 5.32 Å². The Kier molecular flexibility index (Phi) is 8.82. The molecule has 0 atom stereocenters. The highest BCUT2D eigenvalue weighted by Gasteiger charge is 2.05. The second-order valence-corrected chi connectivity index (χ2v) is 5.25. The highest BCUT2D eigenvalue weighted by molar-refractivity contribution is 7.99. The van der Waals surface area contributed by atoms with Gasteiger partial charge in [-0.05, 0) is 30.2 Å². The standard InChI is InChI=1S/C14H22FNO2S/c1-17-7-3-9-19-14-5-4-13(15)10-12(14)11-16-6-8-18-2/h4-5,10,16H,3,6-9,11H2,1-2H3. The van der Waals surface area contributed by atoms with Crippen LogP contribution in [0.2, 0.25) is 0 Å². The Morgan fingerprint density at radius 3 is 2.74 bits per heavy atom. The second-order valence-electron chi connectivity index (χ2n) is 4.12. The number of rotatable bonds is 10. The van der Waals surface area contributed by atoms with E-state index in [0.29, 0.717) is 13.2 Å². The minimum atomic E-state index is -0.190. The first-order valence-electron chi connectivity index (χ1n) is 6.37. The van der Waals surface area contributed by atoms with Crippen LogP contribution in [0, 0.1) is 5.82 Å². The lowest BCUT2D eigenvalue weighted by atomic mass is 10.2. The van der Waals surface area contributed by atoms with Crippen molar-refractivity contribution >= 4 is 11.8 Å². The van der Waals surface area contributed by atoms with E-state index >= 15 is 0 Å². The van der Waals surface area contributed by atoms with Crippen LogP contribution in [0.25, 0.3) is 0 Å². The lowest BCUT2D eigenvalue weighted by Crippen LogP contribution is -2.19. The van der Waals surface area contributed by atoms with Gasteiger partial charge in [0.05, 0.1) is 6.61 Å². The fourth-order valence-electron chi connectivity index (χ4n) is 1.61. The highest BCUT2D eigenvalue weighted by atomic mass is 32.2. The zero-order chi connectivity index (χ0) is 13.9. The van der Waals surface area contributed by atoms with Gasteiger partial charge in [-0.2, -0.15) is 0 Å². The molecule has 1 N–H and O–H groups in total. The molecular weight excluding hydrogens is 265 g/mol. The molecular formula is C14H22FNO2S. The van der Waals surface area contributed by atoms with Crippen LogP contribution in [0.4, 0.5) is 4.39 Å². The third-order valence-electron chi connectivity index (χ3n) is 2.57. The fourth-order valence-corrected chi connectivity index (χ4v) is 2.57. The minimum absolute atomic E-state index is 0.190. The summed E-state index contributed by atoms with van der Waals surface area (Å²) in [6.45, 7) is 2.84. The Morgan fingerprint density at radius 1 is 1.21 bits per heavy atom. The molecule has 3 nitrogen and oxygen atoms in total. The van der Waals surface area contributed by atoms with Crippen LogP contribution in [-0.4, -0.2) is 39.7 Å². The summed E-state index contributed by atoms with van der Waals surface area (Å²) in [6, 6.07) is 4.95. The van der Waals surface area contributed by atoms with Crippen molar-refractivity contribution in [2.24, 2.45) is 0 Å². The molecule has 0 spiro atoms. The molecule has 0 aliphatic rings. The molecule has 0 fully saturated rings. The number of benzene rings is 1. The van der Waals surface area contributed by atoms with Crippen LogP contribution in [-0.2, 0) is 16.0 Å². The number of methoxy groups -OCH3 is 2. The second kappa shape index (κ2) is 10.2. The number of hydrogen-bond donors (Lipinski definition) is 1. The van der Waals surface area contributed by atoms with Gasteiger partial charge in [-0.3, -0.25) is 0 Å². The minimum Gasteiger partial charge on any atom is -0.385 e. The van der Waals surface area contributed by atoms with E-state index in [1.54, 1.807) is 32.0 Å². The van der Waals surface area contributed by atoms with Crippen LogP contribution in [0.15, 0.2) is 23.1 Å². The lowest BCUT2D eigenvalue weighted by molar-refractivity contribution is 0.199. The summed E-state index contributed by atoms with van der Waals surface area (Å²) in [4.78, 5) is 1.13. The maximum Gasteiger partial charge on any atom is 0.123 e. The Bertz CT molecular complexity index is 363. The highest BCUT2D eigenvalue weighted by Crippen LogP contribution is 2.24. The number of halogens is 1. The van der Waals surface area contributed by atoms with Crippen LogP contribution in [0.1, 0.15) is 12.0 Å². The van der Waals surface area contributed by atoms with E-state index in [4.69, 9.17) is 9.47 Å². The lowest BCUT2D eigenvalue weighted by Gasteiger charge is -2.10. The Hall–Kier alpha value is -0.620. The molecule has 0 bridgehead atoms. The summed E-state index contributed by atoms with van der Waals surface area (Å²) >= 11 is 1.74. The van der Waals surface area contributed by atoms with Gasteiger partial charge >= 0.3 is 0 Å². The summed E-state index contributed by atoms with van der Waals surface area (Å²) in [5, 5.41) is 3.24. The molecule has 1 aromatic rings. The van der Waals surface area contributed by atoms with E-state index in [1.165, 1.54) is 6.07 Å². The molecule has 0 saturated heterocycles. The van der Waals surface area contributed by atoms with Crippen LogP contribution < -0.4 is 5.32 Å². The average molecular weight is 287 g/mol. The van der Waals surface area contributed by atoms with E-state index in [1.807, 2.05) is 6.07 Å². The predicted octanol–water partition coefficient (Wildman–Crippen LogP) is 2.69. The largest absolute Gasteiger partial charge is 0.385 e. The first kappa shape index (κ1) is 16.4. The van der Waals surface area contributed by atoms with Crippen molar-refractivity contribution in [3.8, 4) is 0 Å². The first-order valence-corrected chi connectivity index (χ1v) is 7.36. The van der Waals surface area contributed by atoms with Crippen molar-refractivity contribution in [3.63, 3.8) is 0 Å². The van der Waals surface area contributed by atoms with Crippen molar-refractivity contribution in [3.05, 3.63) is 29.6 Å². The van der Waals surface area contributed by atoms with E-state index in [-0.39, 0.29) is 5.82 Å². The molecule has 0 saturated carbocycles. The number of ether oxygens (including phenoxy) is 2. The molecule has 0 amide bonds. The number of thioether (sulfide) groups is 1. The van der Waals surface area contributed by atoms with E-state index in [2.05, 4.69) is 5.32 Å². The van der Waals surface area contributed by atoms with Crippen molar-refractivity contribution in [2.75, 3.05) is 39.7 Å². The summed E-state index contributed by atoms with van der Waals surface area (Å²) < 4.78 is 23.3. The quantitative estimate of drug-likeness (QED) is 0.529. The third-order valence-corrected chi connectivity index (χ3v) is 3.77. The fraction of sp³-hybridized carbons (Fsp3) is 0.571. The normalized spacial score (nSPS) is 10.9. The van der Waals surface area contributed by atoms with E-state index in [0.717, 1.165) is 35.8 Å². The van der Waals surface area contributed by atoms with Crippen molar-refractivity contribution < 1.29 is 13.9 Å². The third kappa shape index (κ3) is 6.92. The van der Waals surface area contributed by atoms with Gasteiger partial charge in [0.2, 0.25) is 0 Å². The molecule has 108 valence electrons. The molecule has 1 aromatic carbocycles. The van der Waals surface area contributed by atoms with Gasteiger partial charge in [0.15, 0.2) is 0 Å². The smallest absolute Gasteiger partial charge is 0.123 e. The summed E-state index contributed by atoms with van der Waals surface area (Å²) in [5.41, 5.74) is 0.999. The molecule has 5 heteroatoms. The molecule has 0 aliphatic heterocycles. The first-order chi connectivity index (χ1) is 9.27. The molecule has 1 rings (SSSR count). The maximum absolute atomic E-state index is 13.3. The van der Waals surface area contributed by atoms with Gasteiger partial charge in [-0.25, -0.2) is 4.39 Å². The molecule has 0 aliphatic carbocycles. The molecule has 0 radical (unpaired) electrons. The zero-order valence-electron chi connectivity index (χ0n) is 11.6. The van der Waals surface area contributed by atoms with Gasteiger partial charge in [0.1, 0.15) is 5.82 Å². The van der Waals surface area contributed by atoms with E-state index < -0.39 is 0 Å². The van der Waals surface area contributed by atoms with Gasteiger partial charge in [0, 0.05) is 44.6 Å². The van der Waals surface area contributed by atoms with Crippen molar-refractivity contribution in [1.29, 1.82) is 0 Å². The summed E-state index contributed by atoms with van der Waals surface area (Å²) in [7, 11) is 3.37. The van der Waals surface area contributed by atoms with Gasteiger partial charge < -0.3 is 14.8 Å². The van der Waals surface area contributed by atoms with Crippen LogP contribution in [0.5, 0.6) is 0 Å². The molecule has 0 heterocycles. The zero-order valence-corrected chi connectivity index (χ0v) is 12.4. The van der Waals surface area contributed by atoms with Gasteiger partial charge in [-0.1, -0.05) is 0 Å². The predicted molar refractivity (Wildman–Crippen MR) is 77.2 cm³/mol. The van der Waals surface area contributed by atoms with Crippen LogP contribution in [0.3, 0.4) is 0 Å². The maximum atomic E-state index is 13.3. The van der Waals surface area contributed by atoms with E-state index in [9.17, 15) is 4.39 Å². The number of nitrogens with one attached hydrogen (secondary N) is 1. The van der Waals surface area contributed by atoms with Gasteiger partial charge in [-0.15, -0.1) is 11.8 Å². The average Bonchev–Trinajstić information content (AvgIpc) is 2.41. The molecule has 0 unspecified atom stereocenters. The SMILES string of the molecule is COCCCSc1ccc(F)cc1CNCCOC. The molecule has 0 aromatic heterocycles. The summed E-state index contributed by atoms with van der Waals surface area (Å²) in [6.07, 6.45) is 0.995. The van der Waals surface area contributed by atoms with Crippen LogP contribution >= 0.6 is 11.8 Å². The monoisotopic (exact) mass is 287 g/mol. The van der Waals surface area contributed by atoms with Crippen molar-refractivity contribution in [2.45, 2.75) is 17.9 Å². The Morgan fingerprint density at radius 2 is 2.00 bits per heavy atom. The summed E-state index contributed by atoms with van der Waals surface area (Å²) in [5.74, 6) is 0.787. The van der Waals surface area contributed by atoms with Gasteiger partial charge in [0.25, 0.3) is 0 Å². The Balaban J connectivity index is 2.48.